The maximum atomic E-state index is 13.1. The summed E-state index contributed by atoms with van der Waals surface area (Å²) in [5, 5.41) is 0. The number of hydrogen-bond donors (Lipinski definition) is 0. The van der Waals surface area contributed by atoms with Gasteiger partial charge in [-0.3, -0.25) is 19.3 Å². The number of imide groups is 1. The van der Waals surface area contributed by atoms with Gasteiger partial charge >= 0.3 is 5.97 Å². The zero-order valence-corrected chi connectivity index (χ0v) is 19.8. The molecule has 0 spiro atoms. The normalized spacial score (nSPS) is 19.7. The van der Waals surface area contributed by atoms with Gasteiger partial charge in [-0.05, 0) is 42.8 Å². The van der Waals surface area contributed by atoms with Gasteiger partial charge in [0.1, 0.15) is 10.4 Å². The molecule has 3 amide bonds. The van der Waals surface area contributed by atoms with Gasteiger partial charge in [0.05, 0.1) is 29.2 Å². The van der Waals surface area contributed by atoms with Crippen molar-refractivity contribution in [3.8, 4) is 0 Å². The van der Waals surface area contributed by atoms with Gasteiger partial charge in [0.15, 0.2) is 0 Å². The maximum Gasteiger partial charge on any atom is 0.338 e. The molecule has 0 bridgehead atoms. The summed E-state index contributed by atoms with van der Waals surface area (Å²) in [4.78, 5) is 53.3. The molecular weight excluding hydrogens is 472 g/mol. The Bertz CT molecular complexity index is 1220. The molecule has 0 aliphatic carbocycles. The Kier molecular flexibility index (Phi) is 7.04. The lowest BCUT2D eigenvalue weighted by Gasteiger charge is -2.21. The monoisotopic (exact) mass is 492 g/mol. The van der Waals surface area contributed by atoms with E-state index in [2.05, 4.69) is 0 Å². The van der Waals surface area contributed by atoms with E-state index in [4.69, 9.17) is 17.0 Å². The second kappa shape index (κ2) is 10.1. The number of rotatable bonds is 6. The van der Waals surface area contributed by atoms with E-state index in [-0.39, 0.29) is 17.3 Å². The first kappa shape index (κ1) is 23.6. The molecule has 4 rings (SSSR count). The summed E-state index contributed by atoms with van der Waals surface area (Å²) in [6, 6.07) is 14.6. The first-order chi connectivity index (χ1) is 16.4. The number of carbonyl (C=O) groups is 4. The summed E-state index contributed by atoms with van der Waals surface area (Å²) in [6.07, 6.45) is 5.09. The lowest BCUT2D eigenvalue weighted by molar-refractivity contribution is -0.130. The van der Waals surface area contributed by atoms with Crippen LogP contribution in [0.5, 0.6) is 0 Å². The highest BCUT2D eigenvalue weighted by molar-refractivity contribution is 8.26. The van der Waals surface area contributed by atoms with E-state index < -0.39 is 29.7 Å². The summed E-state index contributed by atoms with van der Waals surface area (Å²) in [6.45, 7) is 1.95. The number of amides is 3. The van der Waals surface area contributed by atoms with Crippen LogP contribution in [0.4, 0.5) is 5.69 Å². The van der Waals surface area contributed by atoms with Crippen molar-refractivity contribution in [2.75, 3.05) is 11.5 Å². The third-order valence-electron chi connectivity index (χ3n) is 5.23. The molecule has 2 aromatic rings. The van der Waals surface area contributed by atoms with Crippen LogP contribution in [0, 0.1) is 0 Å². The molecule has 2 heterocycles. The number of thioether (sulfide) groups is 1. The number of anilines is 1. The minimum absolute atomic E-state index is 0.169. The first-order valence-electron chi connectivity index (χ1n) is 10.5. The van der Waals surface area contributed by atoms with E-state index in [0.717, 1.165) is 22.2 Å². The van der Waals surface area contributed by atoms with Gasteiger partial charge in [0.25, 0.3) is 11.8 Å². The van der Waals surface area contributed by atoms with Crippen LogP contribution in [0.1, 0.15) is 29.3 Å². The van der Waals surface area contributed by atoms with Crippen molar-refractivity contribution < 1.29 is 23.9 Å². The van der Waals surface area contributed by atoms with Gasteiger partial charge < -0.3 is 4.74 Å². The van der Waals surface area contributed by atoms with Gasteiger partial charge in [0, 0.05) is 0 Å². The van der Waals surface area contributed by atoms with Crippen LogP contribution >= 0.6 is 24.0 Å². The number of hydrogen-bond acceptors (Lipinski definition) is 7. The van der Waals surface area contributed by atoms with Crippen molar-refractivity contribution in [3.05, 3.63) is 82.8 Å². The molecule has 0 N–H and O–H groups in total. The number of thiocarbonyl (C=S) groups is 1. The predicted octanol–water partition coefficient (Wildman–Crippen LogP) is 3.95. The third-order valence-corrected chi connectivity index (χ3v) is 6.58. The number of esters is 1. The zero-order valence-electron chi connectivity index (χ0n) is 18.2. The second-order valence-corrected chi connectivity index (χ2v) is 9.07. The van der Waals surface area contributed by atoms with Crippen LogP contribution in [0.25, 0.3) is 6.08 Å². The van der Waals surface area contributed by atoms with Crippen molar-refractivity contribution >= 4 is 63.8 Å². The quantitative estimate of drug-likeness (QED) is 0.261. The van der Waals surface area contributed by atoms with Crippen molar-refractivity contribution in [2.45, 2.75) is 19.4 Å². The molecular formula is C25H20N2O5S2. The highest BCUT2D eigenvalue weighted by Crippen LogP contribution is 2.36. The van der Waals surface area contributed by atoms with E-state index in [9.17, 15) is 19.2 Å². The van der Waals surface area contributed by atoms with E-state index in [0.29, 0.717) is 16.2 Å². The molecule has 1 unspecified atom stereocenters. The Morgan fingerprint density at radius 2 is 1.82 bits per heavy atom. The summed E-state index contributed by atoms with van der Waals surface area (Å²) < 4.78 is 5.18. The van der Waals surface area contributed by atoms with Crippen LogP contribution in [-0.2, 0) is 19.1 Å². The third kappa shape index (κ3) is 4.71. The summed E-state index contributed by atoms with van der Waals surface area (Å²) in [5.74, 6) is -1.87. The van der Waals surface area contributed by atoms with E-state index in [1.54, 1.807) is 19.1 Å². The topological polar surface area (TPSA) is 84.0 Å². The molecule has 2 aromatic carbocycles. The average Bonchev–Trinajstić information content (AvgIpc) is 3.28. The molecule has 2 aliphatic rings. The minimum Gasteiger partial charge on any atom is -0.462 e. The molecule has 2 aliphatic heterocycles. The largest absolute Gasteiger partial charge is 0.462 e. The van der Waals surface area contributed by atoms with Crippen molar-refractivity contribution in [3.63, 3.8) is 0 Å². The fourth-order valence-corrected chi connectivity index (χ4v) is 4.93. The molecule has 2 saturated heterocycles. The van der Waals surface area contributed by atoms with Crippen LogP contribution in [0.15, 0.2) is 71.7 Å². The average molecular weight is 493 g/mol. The lowest BCUT2D eigenvalue weighted by atomic mass is 10.2. The Morgan fingerprint density at radius 3 is 2.50 bits per heavy atom. The Hall–Kier alpha value is -3.56. The Labute approximate surface area is 206 Å². The van der Waals surface area contributed by atoms with E-state index in [1.807, 2.05) is 36.4 Å². The molecule has 172 valence electrons. The standard InChI is InChI=1S/C25H20N2O5S2/c1-2-32-24(31)17-11-13-18(14-12-17)26-21(28)15-19(22(26)29)27-23(30)20(34-25(27)33)10-6-9-16-7-4-3-5-8-16/h3-14,19H,2,15H2,1H3. The second-order valence-electron chi connectivity index (χ2n) is 7.40. The fourth-order valence-electron chi connectivity index (χ4n) is 3.62. The minimum atomic E-state index is -1.01. The summed E-state index contributed by atoms with van der Waals surface area (Å²) in [7, 11) is 0. The van der Waals surface area contributed by atoms with Gasteiger partial charge in [-0.1, -0.05) is 66.5 Å². The Morgan fingerprint density at radius 1 is 1.12 bits per heavy atom. The fraction of sp³-hybridized carbons (Fsp3) is 0.160. The maximum absolute atomic E-state index is 13.1. The number of allylic oxidation sites excluding steroid dienone is 2. The van der Waals surface area contributed by atoms with Crippen LogP contribution in [0.3, 0.4) is 0 Å². The molecule has 1 atom stereocenters. The van der Waals surface area contributed by atoms with Gasteiger partial charge in [-0.15, -0.1) is 0 Å². The van der Waals surface area contributed by atoms with Gasteiger partial charge in [-0.2, -0.15) is 0 Å². The van der Waals surface area contributed by atoms with E-state index in [1.165, 1.54) is 29.2 Å². The molecule has 0 radical (unpaired) electrons. The number of ether oxygens (including phenoxy) is 1. The van der Waals surface area contributed by atoms with E-state index >= 15 is 0 Å². The number of benzene rings is 2. The number of nitrogens with zero attached hydrogens (tertiary/aromatic N) is 2. The first-order valence-corrected chi connectivity index (χ1v) is 11.8. The SMILES string of the molecule is CCOC(=O)c1ccc(N2C(=O)CC(N3C(=O)C(=CC=Cc4ccccc4)SC3=S)C2=O)cc1. The number of carbonyl (C=O) groups excluding carboxylic acids is 4. The van der Waals surface area contributed by atoms with Gasteiger partial charge in [-0.25, -0.2) is 9.69 Å². The molecule has 2 fully saturated rings. The van der Waals surface area contributed by atoms with Crippen LogP contribution in [-0.4, -0.2) is 45.6 Å². The smallest absolute Gasteiger partial charge is 0.338 e. The van der Waals surface area contributed by atoms with Crippen LogP contribution < -0.4 is 4.90 Å². The van der Waals surface area contributed by atoms with Crippen molar-refractivity contribution in [1.82, 2.24) is 4.90 Å². The highest BCUT2D eigenvalue weighted by atomic mass is 32.2. The molecule has 34 heavy (non-hydrogen) atoms. The zero-order chi connectivity index (χ0) is 24.2. The molecule has 0 saturated carbocycles. The lowest BCUT2D eigenvalue weighted by Crippen LogP contribution is -2.44. The highest BCUT2D eigenvalue weighted by Gasteiger charge is 2.48. The summed E-state index contributed by atoms with van der Waals surface area (Å²) >= 11 is 6.46. The molecule has 0 aromatic heterocycles. The molecule has 7 nitrogen and oxygen atoms in total. The van der Waals surface area contributed by atoms with Crippen molar-refractivity contribution in [2.24, 2.45) is 0 Å². The summed E-state index contributed by atoms with van der Waals surface area (Å²) in [5.41, 5.74) is 1.61. The predicted molar refractivity (Wildman–Crippen MR) is 134 cm³/mol. The molecule has 9 heteroatoms. The van der Waals surface area contributed by atoms with Gasteiger partial charge in [0.2, 0.25) is 5.91 Å². The Balaban J connectivity index is 1.50. The van der Waals surface area contributed by atoms with Crippen molar-refractivity contribution in [1.29, 1.82) is 0 Å². The van der Waals surface area contributed by atoms with Crippen LogP contribution in [0.2, 0.25) is 0 Å².